The number of alkyl halides is 2. The predicted octanol–water partition coefficient (Wildman–Crippen LogP) is 2.17. The van der Waals surface area contributed by atoms with Crippen LogP contribution in [0.5, 0.6) is 0 Å². The quantitative estimate of drug-likeness (QED) is 0.538. The SMILES string of the molecule is O=C(O[C@@H]1[C@H](OC(=O)c2ccccc2)CO[C@@](O)(Br)[C@]1(O)F)c1ccccc1. The Morgan fingerprint density at radius 3 is 1.93 bits per heavy atom. The summed E-state index contributed by atoms with van der Waals surface area (Å²) in [6.45, 7) is -0.542. The van der Waals surface area contributed by atoms with E-state index in [0.717, 1.165) is 0 Å². The summed E-state index contributed by atoms with van der Waals surface area (Å²) >= 11 is 2.52. The molecule has 7 nitrogen and oxygen atoms in total. The fraction of sp³-hybridized carbons (Fsp3) is 0.263. The highest BCUT2D eigenvalue weighted by Gasteiger charge is 2.65. The van der Waals surface area contributed by atoms with Crippen LogP contribution in [0.4, 0.5) is 4.39 Å². The van der Waals surface area contributed by atoms with Gasteiger partial charge in [0.05, 0.1) is 17.7 Å². The Hall–Kier alpha value is -2.33. The summed E-state index contributed by atoms with van der Waals surface area (Å²) in [5, 5.41) is 20.1. The number of ether oxygens (including phenoxy) is 3. The average molecular weight is 455 g/mol. The molecule has 2 aromatic rings. The maximum absolute atomic E-state index is 15.0. The van der Waals surface area contributed by atoms with Gasteiger partial charge in [0.15, 0.2) is 6.10 Å². The smallest absolute Gasteiger partial charge is 0.338 e. The Balaban J connectivity index is 1.85. The molecular weight excluding hydrogens is 439 g/mol. The van der Waals surface area contributed by atoms with E-state index < -0.39 is 41.3 Å². The Morgan fingerprint density at radius 1 is 0.964 bits per heavy atom. The van der Waals surface area contributed by atoms with Gasteiger partial charge >= 0.3 is 17.8 Å². The number of hydrogen-bond donors (Lipinski definition) is 2. The third-order valence-corrected chi connectivity index (χ3v) is 4.88. The minimum atomic E-state index is -3.61. The summed E-state index contributed by atoms with van der Waals surface area (Å²) in [5.74, 6) is -5.43. The first kappa shape index (κ1) is 20.4. The molecule has 1 fully saturated rings. The van der Waals surface area contributed by atoms with Crippen LogP contribution in [0.1, 0.15) is 20.7 Å². The van der Waals surface area contributed by atoms with E-state index >= 15 is 0 Å². The zero-order valence-electron chi connectivity index (χ0n) is 14.3. The third kappa shape index (κ3) is 4.07. The van der Waals surface area contributed by atoms with Crippen molar-refractivity contribution in [2.75, 3.05) is 6.61 Å². The van der Waals surface area contributed by atoms with Crippen LogP contribution in [-0.4, -0.2) is 51.5 Å². The number of aliphatic hydroxyl groups is 2. The minimum Gasteiger partial charge on any atom is -0.452 e. The number of halogens is 2. The van der Waals surface area contributed by atoms with Crippen LogP contribution in [-0.2, 0) is 14.2 Å². The second kappa shape index (κ2) is 7.96. The molecule has 0 aliphatic carbocycles. The van der Waals surface area contributed by atoms with Gasteiger partial charge in [-0.15, -0.1) is 0 Å². The molecule has 0 aromatic heterocycles. The summed E-state index contributed by atoms with van der Waals surface area (Å²) in [7, 11) is 0. The first-order valence-electron chi connectivity index (χ1n) is 8.21. The Kier molecular flexibility index (Phi) is 5.80. The number of esters is 2. The van der Waals surface area contributed by atoms with Crippen molar-refractivity contribution in [3.05, 3.63) is 71.8 Å². The van der Waals surface area contributed by atoms with Crippen molar-refractivity contribution in [3.63, 3.8) is 0 Å². The summed E-state index contributed by atoms with van der Waals surface area (Å²) in [4.78, 5) is 24.6. The van der Waals surface area contributed by atoms with Gasteiger partial charge in [-0.25, -0.2) is 14.0 Å². The highest BCUT2D eigenvalue weighted by atomic mass is 79.9. The van der Waals surface area contributed by atoms with E-state index in [-0.39, 0.29) is 11.1 Å². The van der Waals surface area contributed by atoms with E-state index in [9.17, 15) is 24.2 Å². The van der Waals surface area contributed by atoms with Crippen LogP contribution in [0.2, 0.25) is 0 Å². The number of hydrogen-bond acceptors (Lipinski definition) is 7. The van der Waals surface area contributed by atoms with Crippen LogP contribution in [0.15, 0.2) is 60.7 Å². The Morgan fingerprint density at radius 2 is 1.43 bits per heavy atom. The maximum atomic E-state index is 15.0. The van der Waals surface area contributed by atoms with E-state index in [4.69, 9.17) is 14.2 Å². The Bertz CT molecular complexity index is 842. The molecule has 3 rings (SSSR count). The van der Waals surface area contributed by atoms with E-state index in [1.807, 2.05) is 0 Å². The van der Waals surface area contributed by atoms with Gasteiger partial charge in [0.1, 0.15) is 0 Å². The first-order chi connectivity index (χ1) is 13.2. The zero-order valence-corrected chi connectivity index (χ0v) is 15.9. The largest absolute Gasteiger partial charge is 0.452 e. The maximum Gasteiger partial charge on any atom is 0.338 e. The van der Waals surface area contributed by atoms with Gasteiger partial charge in [0.2, 0.25) is 6.10 Å². The van der Waals surface area contributed by atoms with Gasteiger partial charge in [-0.05, 0) is 40.2 Å². The van der Waals surface area contributed by atoms with Crippen LogP contribution in [0.25, 0.3) is 0 Å². The average Bonchev–Trinajstić information content (AvgIpc) is 2.69. The molecule has 1 saturated heterocycles. The molecular formula is C19H16BrFO7. The first-order valence-corrected chi connectivity index (χ1v) is 9.00. The molecule has 9 heteroatoms. The summed E-state index contributed by atoms with van der Waals surface area (Å²) < 4.78 is 27.2. The molecule has 2 N–H and O–H groups in total. The molecule has 1 aliphatic heterocycles. The minimum absolute atomic E-state index is 0.0797. The van der Waals surface area contributed by atoms with Crippen LogP contribution in [0, 0.1) is 0 Å². The molecule has 2 aromatic carbocycles. The monoisotopic (exact) mass is 454 g/mol. The zero-order chi connectivity index (χ0) is 20.4. The molecule has 0 unspecified atom stereocenters. The fourth-order valence-electron chi connectivity index (χ4n) is 2.59. The van der Waals surface area contributed by atoms with Crippen molar-refractivity contribution < 1.29 is 38.4 Å². The molecule has 1 heterocycles. The molecule has 28 heavy (non-hydrogen) atoms. The van der Waals surface area contributed by atoms with Gasteiger partial charge in [0, 0.05) is 0 Å². The molecule has 0 saturated carbocycles. The number of carbonyl (C=O) groups is 2. The van der Waals surface area contributed by atoms with Crippen LogP contribution < -0.4 is 0 Å². The molecule has 148 valence electrons. The standard InChI is InChI=1S/C19H16BrFO7/c20-19(25)18(21,24)15(28-17(23)13-9-5-2-6-10-13)14(11-26-19)27-16(22)12-7-3-1-4-8-12/h1-10,14-15,24-25H,11H2/t14-,15-,18+,19-/m1/s1. The van der Waals surface area contributed by atoms with Crippen molar-refractivity contribution in [1.82, 2.24) is 0 Å². The van der Waals surface area contributed by atoms with Gasteiger partial charge in [-0.3, -0.25) is 0 Å². The third-order valence-electron chi connectivity index (χ3n) is 4.10. The van der Waals surface area contributed by atoms with Gasteiger partial charge in [0.25, 0.3) is 4.70 Å². The van der Waals surface area contributed by atoms with E-state index in [1.54, 1.807) is 36.4 Å². The number of rotatable bonds is 4. The molecule has 0 amide bonds. The summed E-state index contributed by atoms with van der Waals surface area (Å²) in [5.41, 5.74) is 0.244. The van der Waals surface area contributed by atoms with Crippen molar-refractivity contribution in [1.29, 1.82) is 0 Å². The molecule has 1 aliphatic rings. The Labute approximate surface area is 167 Å². The molecule has 0 bridgehead atoms. The molecule has 0 radical (unpaired) electrons. The second-order valence-corrected chi connectivity index (χ2v) is 7.12. The predicted molar refractivity (Wildman–Crippen MR) is 97.2 cm³/mol. The van der Waals surface area contributed by atoms with E-state index in [1.165, 1.54) is 24.3 Å². The summed E-state index contributed by atoms with van der Waals surface area (Å²) in [6.07, 6.45) is -3.58. The summed E-state index contributed by atoms with van der Waals surface area (Å²) in [6, 6.07) is 15.5. The lowest BCUT2D eigenvalue weighted by molar-refractivity contribution is -0.361. The highest BCUT2D eigenvalue weighted by Crippen LogP contribution is 2.42. The van der Waals surface area contributed by atoms with Gasteiger partial charge in [-0.1, -0.05) is 36.4 Å². The number of carbonyl (C=O) groups excluding carboxylic acids is 2. The number of benzene rings is 2. The topological polar surface area (TPSA) is 102 Å². The van der Waals surface area contributed by atoms with Crippen molar-refractivity contribution in [2.45, 2.75) is 22.8 Å². The van der Waals surface area contributed by atoms with E-state index in [0.29, 0.717) is 0 Å². The van der Waals surface area contributed by atoms with E-state index in [2.05, 4.69) is 15.9 Å². The van der Waals surface area contributed by atoms with Crippen molar-refractivity contribution >= 4 is 27.9 Å². The lowest BCUT2D eigenvalue weighted by Crippen LogP contribution is -2.67. The normalized spacial score (nSPS) is 29.7. The lowest BCUT2D eigenvalue weighted by atomic mass is 10.0. The second-order valence-electron chi connectivity index (χ2n) is 6.05. The fourth-order valence-corrected chi connectivity index (χ4v) is 2.95. The van der Waals surface area contributed by atoms with Gasteiger partial charge < -0.3 is 24.4 Å². The van der Waals surface area contributed by atoms with Gasteiger partial charge in [-0.2, -0.15) is 0 Å². The highest BCUT2D eigenvalue weighted by molar-refractivity contribution is 9.10. The molecule has 0 spiro atoms. The van der Waals surface area contributed by atoms with Crippen molar-refractivity contribution in [3.8, 4) is 0 Å². The van der Waals surface area contributed by atoms with Crippen LogP contribution >= 0.6 is 15.9 Å². The van der Waals surface area contributed by atoms with Crippen molar-refractivity contribution in [2.24, 2.45) is 0 Å². The lowest BCUT2D eigenvalue weighted by Gasteiger charge is -2.44. The van der Waals surface area contributed by atoms with Crippen LogP contribution in [0.3, 0.4) is 0 Å². The molecule has 4 atom stereocenters.